The van der Waals surface area contributed by atoms with E-state index in [1.54, 1.807) is 0 Å². The van der Waals surface area contributed by atoms with Gasteiger partial charge in [-0.2, -0.15) is 5.10 Å². The fourth-order valence-corrected chi connectivity index (χ4v) is 4.34. The standard InChI is InChI=1S/C17H12IN3O.2CH4/c18-15-10-6-5-9(7-14(10)20-21-15)12-8-17(12)11-3-1-2-4-13(11)19-16(17)22;;/h1-7,12H,8H2,(H,19,22)(H,20,21);2*1H4/t12-,17-;;/m1../s1. The Bertz CT molecular complexity index is 949. The van der Waals surface area contributed by atoms with Crippen LogP contribution in [0.4, 0.5) is 5.69 Å². The summed E-state index contributed by atoms with van der Waals surface area (Å²) >= 11 is 2.25. The van der Waals surface area contributed by atoms with Gasteiger partial charge in [0.15, 0.2) is 0 Å². The molecule has 1 fully saturated rings. The highest BCUT2D eigenvalue weighted by Gasteiger charge is 2.65. The molecule has 2 heterocycles. The Kier molecular flexibility index (Phi) is 3.94. The summed E-state index contributed by atoms with van der Waals surface area (Å²) in [6.07, 6.45) is 0.878. The van der Waals surface area contributed by atoms with Crippen LogP contribution in [-0.2, 0) is 10.2 Å². The number of benzene rings is 2. The summed E-state index contributed by atoms with van der Waals surface area (Å²) in [4.78, 5) is 12.5. The van der Waals surface area contributed by atoms with E-state index in [2.05, 4.69) is 62.4 Å². The van der Waals surface area contributed by atoms with E-state index in [9.17, 15) is 4.79 Å². The number of carbonyl (C=O) groups is 1. The normalized spacial score (nSPS) is 23.4. The molecule has 24 heavy (non-hydrogen) atoms. The van der Waals surface area contributed by atoms with E-state index in [0.717, 1.165) is 32.3 Å². The summed E-state index contributed by atoms with van der Waals surface area (Å²) in [7, 11) is 0. The molecule has 2 N–H and O–H groups in total. The van der Waals surface area contributed by atoms with Gasteiger partial charge in [-0.05, 0) is 58.3 Å². The lowest BCUT2D eigenvalue weighted by Crippen LogP contribution is -2.20. The largest absolute Gasteiger partial charge is 0.325 e. The molecule has 1 aromatic heterocycles. The summed E-state index contributed by atoms with van der Waals surface area (Å²) in [6.45, 7) is 0. The SMILES string of the molecule is C.C.O=C1Nc2ccccc2[C@@]12C[C@@H]2c1ccc2c(I)[nH]nc2c1. The van der Waals surface area contributed by atoms with Gasteiger partial charge in [0.2, 0.25) is 5.91 Å². The third kappa shape index (κ3) is 2.03. The number of fused-ring (bicyclic) bond motifs is 3. The van der Waals surface area contributed by atoms with Crippen LogP contribution in [0.15, 0.2) is 42.5 Å². The van der Waals surface area contributed by atoms with Gasteiger partial charge >= 0.3 is 0 Å². The molecule has 1 spiro atoms. The first-order valence-electron chi connectivity index (χ1n) is 7.24. The van der Waals surface area contributed by atoms with Crippen molar-refractivity contribution in [2.75, 3.05) is 5.32 Å². The molecule has 5 rings (SSSR count). The Hall–Kier alpha value is -1.89. The van der Waals surface area contributed by atoms with Crippen LogP contribution in [0.2, 0.25) is 0 Å². The van der Waals surface area contributed by atoms with Crippen LogP contribution in [0.5, 0.6) is 0 Å². The van der Waals surface area contributed by atoms with Gasteiger partial charge in [0.1, 0.15) is 3.70 Å². The van der Waals surface area contributed by atoms with Gasteiger partial charge in [-0.25, -0.2) is 0 Å². The summed E-state index contributed by atoms with van der Waals surface area (Å²) in [6, 6.07) is 14.4. The number of anilines is 1. The van der Waals surface area contributed by atoms with Crippen LogP contribution in [0.25, 0.3) is 10.9 Å². The summed E-state index contributed by atoms with van der Waals surface area (Å²) < 4.78 is 1.05. The van der Waals surface area contributed by atoms with E-state index in [0.29, 0.717) is 0 Å². The minimum absolute atomic E-state index is 0. The number of H-pyrrole nitrogens is 1. The Balaban J connectivity index is 0.000000845. The predicted molar refractivity (Wildman–Crippen MR) is 106 cm³/mol. The maximum absolute atomic E-state index is 12.5. The van der Waals surface area contributed by atoms with Gasteiger partial charge in [0, 0.05) is 17.0 Å². The molecular formula is C19H20IN3O. The summed E-state index contributed by atoms with van der Waals surface area (Å²) in [5.74, 6) is 0.380. The van der Waals surface area contributed by atoms with E-state index >= 15 is 0 Å². The van der Waals surface area contributed by atoms with Gasteiger partial charge in [-0.15, -0.1) is 0 Å². The zero-order valence-electron chi connectivity index (χ0n) is 11.6. The fraction of sp³-hybridized carbons (Fsp3) is 0.263. The van der Waals surface area contributed by atoms with Crippen LogP contribution in [-0.4, -0.2) is 16.1 Å². The monoisotopic (exact) mass is 433 g/mol. The maximum atomic E-state index is 12.5. The van der Waals surface area contributed by atoms with E-state index < -0.39 is 0 Å². The molecule has 2 aliphatic rings. The Morgan fingerprint density at radius 1 is 1.17 bits per heavy atom. The molecule has 0 radical (unpaired) electrons. The molecule has 2 atom stereocenters. The minimum Gasteiger partial charge on any atom is -0.325 e. The van der Waals surface area contributed by atoms with E-state index in [1.165, 1.54) is 5.56 Å². The van der Waals surface area contributed by atoms with Crippen LogP contribution in [0.1, 0.15) is 38.3 Å². The molecule has 1 saturated carbocycles. The van der Waals surface area contributed by atoms with Gasteiger partial charge < -0.3 is 5.32 Å². The van der Waals surface area contributed by atoms with Crippen molar-refractivity contribution < 1.29 is 4.79 Å². The second-order valence-electron chi connectivity index (χ2n) is 6.04. The number of nitrogens with one attached hydrogen (secondary N) is 2. The fourth-order valence-electron chi connectivity index (χ4n) is 3.76. The van der Waals surface area contributed by atoms with Crippen molar-refractivity contribution in [2.45, 2.75) is 32.6 Å². The van der Waals surface area contributed by atoms with Crippen molar-refractivity contribution in [3.63, 3.8) is 0 Å². The number of aromatic amines is 1. The van der Waals surface area contributed by atoms with Gasteiger partial charge in [0.25, 0.3) is 0 Å². The average molecular weight is 433 g/mol. The molecule has 0 saturated heterocycles. The lowest BCUT2D eigenvalue weighted by Gasteiger charge is -2.08. The van der Waals surface area contributed by atoms with Crippen molar-refractivity contribution in [1.82, 2.24) is 10.2 Å². The number of para-hydroxylation sites is 1. The molecule has 0 bridgehead atoms. The molecule has 1 amide bonds. The molecule has 1 aliphatic heterocycles. The van der Waals surface area contributed by atoms with Crippen molar-refractivity contribution in [3.8, 4) is 0 Å². The molecule has 2 aromatic carbocycles. The molecule has 3 aromatic rings. The van der Waals surface area contributed by atoms with Crippen molar-refractivity contribution in [1.29, 1.82) is 0 Å². The smallest absolute Gasteiger partial charge is 0.235 e. The van der Waals surface area contributed by atoms with Crippen LogP contribution >= 0.6 is 22.6 Å². The average Bonchev–Trinajstić information content (AvgIpc) is 3.10. The lowest BCUT2D eigenvalue weighted by atomic mass is 9.92. The highest BCUT2D eigenvalue weighted by Crippen LogP contribution is 2.64. The second-order valence-corrected chi connectivity index (χ2v) is 7.12. The van der Waals surface area contributed by atoms with E-state index in [-0.39, 0.29) is 32.1 Å². The number of rotatable bonds is 1. The predicted octanol–water partition coefficient (Wildman–Crippen LogP) is 4.82. The minimum atomic E-state index is -0.367. The molecule has 124 valence electrons. The number of hydrogen-bond acceptors (Lipinski definition) is 2. The Labute approximate surface area is 155 Å². The molecule has 5 heteroatoms. The number of aromatic nitrogens is 2. The molecular weight excluding hydrogens is 413 g/mol. The molecule has 1 aliphatic carbocycles. The third-order valence-corrected chi connectivity index (χ3v) is 5.78. The third-order valence-electron chi connectivity index (χ3n) is 4.96. The summed E-state index contributed by atoms with van der Waals surface area (Å²) in [5.41, 5.74) is 3.90. The van der Waals surface area contributed by atoms with Crippen molar-refractivity contribution in [2.24, 2.45) is 0 Å². The zero-order chi connectivity index (χ0) is 14.9. The number of hydrogen-bond donors (Lipinski definition) is 2. The van der Waals surface area contributed by atoms with Gasteiger partial charge in [-0.1, -0.05) is 39.1 Å². The first-order chi connectivity index (χ1) is 10.7. The Morgan fingerprint density at radius 2 is 1.96 bits per heavy atom. The lowest BCUT2D eigenvalue weighted by molar-refractivity contribution is -0.118. The zero-order valence-corrected chi connectivity index (χ0v) is 13.7. The van der Waals surface area contributed by atoms with Crippen molar-refractivity contribution >= 4 is 45.1 Å². The van der Waals surface area contributed by atoms with Crippen LogP contribution in [0, 0.1) is 3.70 Å². The topological polar surface area (TPSA) is 57.8 Å². The van der Waals surface area contributed by atoms with Crippen LogP contribution in [0.3, 0.4) is 0 Å². The Morgan fingerprint density at radius 3 is 2.79 bits per heavy atom. The molecule has 4 nitrogen and oxygen atoms in total. The van der Waals surface area contributed by atoms with Gasteiger partial charge in [0.05, 0.1) is 10.9 Å². The van der Waals surface area contributed by atoms with E-state index in [4.69, 9.17) is 0 Å². The van der Waals surface area contributed by atoms with Crippen LogP contribution < -0.4 is 5.32 Å². The summed E-state index contributed by atoms with van der Waals surface area (Å²) in [5, 5.41) is 11.5. The highest BCUT2D eigenvalue weighted by atomic mass is 127. The maximum Gasteiger partial charge on any atom is 0.235 e. The number of halogens is 1. The highest BCUT2D eigenvalue weighted by molar-refractivity contribution is 14.1. The second kappa shape index (κ2) is 5.58. The van der Waals surface area contributed by atoms with Gasteiger partial charge in [-0.3, -0.25) is 9.89 Å². The first kappa shape index (κ1) is 17.0. The number of carbonyl (C=O) groups excluding carboxylic acids is 1. The quantitative estimate of drug-likeness (QED) is 0.541. The first-order valence-corrected chi connectivity index (χ1v) is 8.32. The van der Waals surface area contributed by atoms with Crippen molar-refractivity contribution in [3.05, 3.63) is 57.3 Å². The van der Waals surface area contributed by atoms with E-state index in [1.807, 2.05) is 18.2 Å². The number of amides is 1. The number of nitrogens with zero attached hydrogens (tertiary/aromatic N) is 1. The molecule has 0 unspecified atom stereocenters.